The van der Waals surface area contributed by atoms with E-state index in [9.17, 15) is 26.3 Å². The molecule has 11 heteroatoms. The van der Waals surface area contributed by atoms with E-state index in [2.05, 4.69) is 10.2 Å². The first kappa shape index (κ1) is 22.2. The fourth-order valence-electron chi connectivity index (χ4n) is 2.61. The smallest absolute Gasteiger partial charge is 0.319 e. The summed E-state index contributed by atoms with van der Waals surface area (Å²) >= 11 is 11.7. The van der Waals surface area contributed by atoms with Gasteiger partial charge >= 0.3 is 12.4 Å². The molecule has 0 N–H and O–H groups in total. The van der Waals surface area contributed by atoms with Crippen LogP contribution in [0.3, 0.4) is 0 Å². The molecule has 2 aromatic carbocycles. The van der Waals surface area contributed by atoms with Gasteiger partial charge in [0, 0.05) is 17.6 Å². The molecule has 30 heavy (non-hydrogen) atoms. The van der Waals surface area contributed by atoms with Crippen molar-refractivity contribution < 1.29 is 26.3 Å². The minimum absolute atomic E-state index is 0.0122. The van der Waals surface area contributed by atoms with Gasteiger partial charge in [-0.1, -0.05) is 23.2 Å². The lowest BCUT2D eigenvalue weighted by Crippen LogP contribution is -2.05. The van der Waals surface area contributed by atoms with E-state index in [1.807, 2.05) is 0 Å². The van der Waals surface area contributed by atoms with Gasteiger partial charge in [0.2, 0.25) is 0 Å². The molecule has 0 aliphatic carbocycles. The molecule has 3 rings (SSSR count). The molecule has 0 spiro atoms. The first-order valence-electron chi connectivity index (χ1n) is 8.24. The fraction of sp³-hybridized carbons (Fsp3) is 0.158. The van der Waals surface area contributed by atoms with Gasteiger partial charge in [-0.2, -0.15) is 36.6 Å². The zero-order valence-corrected chi connectivity index (χ0v) is 16.3. The van der Waals surface area contributed by atoms with Crippen molar-refractivity contribution in [1.82, 2.24) is 4.57 Å². The quantitative estimate of drug-likeness (QED) is 0.275. The minimum atomic E-state index is -4.61. The van der Waals surface area contributed by atoms with Crippen molar-refractivity contribution in [3.05, 3.63) is 81.6 Å². The Morgan fingerprint density at radius 3 is 1.90 bits per heavy atom. The van der Waals surface area contributed by atoms with Crippen LogP contribution < -0.4 is 0 Å². The van der Waals surface area contributed by atoms with Crippen molar-refractivity contribution in [2.24, 2.45) is 10.2 Å². The summed E-state index contributed by atoms with van der Waals surface area (Å²) in [6.45, 7) is -0.0122. The zero-order valence-electron chi connectivity index (χ0n) is 14.8. The topological polar surface area (TPSA) is 29.6 Å². The molecule has 0 bridgehead atoms. The van der Waals surface area contributed by atoms with Crippen LogP contribution in [0.5, 0.6) is 0 Å². The molecule has 0 unspecified atom stereocenters. The summed E-state index contributed by atoms with van der Waals surface area (Å²) in [6, 6.07) is 9.29. The van der Waals surface area contributed by atoms with Crippen LogP contribution in [0.1, 0.15) is 16.8 Å². The monoisotopic (exact) mass is 465 g/mol. The van der Waals surface area contributed by atoms with E-state index in [0.717, 1.165) is 12.1 Å². The Labute approximate surface area is 176 Å². The third-order valence-corrected chi connectivity index (χ3v) is 4.63. The summed E-state index contributed by atoms with van der Waals surface area (Å²) in [6.07, 6.45) is -7.41. The highest BCUT2D eigenvalue weighted by Gasteiger charge is 2.32. The van der Waals surface area contributed by atoms with E-state index < -0.39 is 23.5 Å². The second-order valence-electron chi connectivity index (χ2n) is 6.10. The first-order valence-corrected chi connectivity index (χ1v) is 9.00. The predicted octanol–water partition coefficient (Wildman–Crippen LogP) is 8.11. The van der Waals surface area contributed by atoms with Gasteiger partial charge in [-0.15, -0.1) is 0 Å². The normalized spacial score (nSPS) is 12.7. The fourth-order valence-corrected chi connectivity index (χ4v) is 3.17. The molecule has 0 radical (unpaired) electrons. The van der Waals surface area contributed by atoms with Crippen LogP contribution in [0.2, 0.25) is 10.0 Å². The average Bonchev–Trinajstić information content (AvgIpc) is 3.11. The molecule has 0 saturated carbocycles. The van der Waals surface area contributed by atoms with Crippen molar-refractivity contribution in [3.63, 3.8) is 0 Å². The standard InChI is InChI=1S/C19H11Cl2F6N3/c20-15-8-12(19(25,26)27)9-16(21)17(15)29-28-10-14-2-1-7-30(14)13-5-3-11(4-6-13)18(22,23)24/h1-9H,10H2. The van der Waals surface area contributed by atoms with Crippen LogP contribution in [-0.2, 0) is 18.9 Å². The Morgan fingerprint density at radius 2 is 1.37 bits per heavy atom. The molecule has 3 nitrogen and oxygen atoms in total. The molecule has 0 amide bonds. The first-order chi connectivity index (χ1) is 14.0. The van der Waals surface area contributed by atoms with Crippen LogP contribution in [-0.4, -0.2) is 4.57 Å². The van der Waals surface area contributed by atoms with E-state index >= 15 is 0 Å². The highest BCUT2D eigenvalue weighted by Crippen LogP contribution is 2.40. The van der Waals surface area contributed by atoms with Gasteiger partial charge in [-0.25, -0.2) is 0 Å². The van der Waals surface area contributed by atoms with Gasteiger partial charge in [0.1, 0.15) is 12.2 Å². The number of hydrogen-bond acceptors (Lipinski definition) is 2. The van der Waals surface area contributed by atoms with Crippen molar-refractivity contribution >= 4 is 28.9 Å². The Balaban J connectivity index is 1.80. The van der Waals surface area contributed by atoms with Crippen LogP contribution in [0.4, 0.5) is 32.0 Å². The minimum Gasteiger partial charge on any atom is -0.319 e. The summed E-state index contributed by atoms with van der Waals surface area (Å²) in [5.74, 6) is 0. The summed E-state index contributed by atoms with van der Waals surface area (Å²) in [7, 11) is 0. The largest absolute Gasteiger partial charge is 0.416 e. The average molecular weight is 466 g/mol. The van der Waals surface area contributed by atoms with E-state index in [0.29, 0.717) is 23.5 Å². The molecule has 0 aliphatic rings. The molecule has 3 aromatic rings. The summed E-state index contributed by atoms with van der Waals surface area (Å²) in [5.41, 5.74) is -0.834. The number of hydrogen-bond donors (Lipinski definition) is 0. The number of halogens is 8. The number of azo groups is 1. The molecule has 1 aromatic heterocycles. The second kappa shape index (κ2) is 8.31. The van der Waals surface area contributed by atoms with E-state index in [1.54, 1.807) is 22.9 Å². The Bertz CT molecular complexity index is 1050. The maximum absolute atomic E-state index is 12.8. The van der Waals surface area contributed by atoms with Crippen molar-refractivity contribution in [2.75, 3.05) is 0 Å². The number of rotatable bonds is 4. The number of aromatic nitrogens is 1. The molecular formula is C19H11Cl2F6N3. The van der Waals surface area contributed by atoms with Crippen molar-refractivity contribution in [2.45, 2.75) is 18.9 Å². The number of nitrogens with zero attached hydrogens (tertiary/aromatic N) is 3. The van der Waals surface area contributed by atoms with Gasteiger partial charge in [-0.05, 0) is 48.5 Å². The van der Waals surface area contributed by atoms with Gasteiger partial charge < -0.3 is 4.57 Å². The van der Waals surface area contributed by atoms with Crippen LogP contribution in [0.25, 0.3) is 5.69 Å². The molecule has 0 saturated heterocycles. The SMILES string of the molecule is FC(F)(F)c1ccc(-n2cccc2CN=Nc2c(Cl)cc(C(F)(F)F)cc2Cl)cc1. The van der Waals surface area contributed by atoms with E-state index in [4.69, 9.17) is 23.2 Å². The van der Waals surface area contributed by atoms with Gasteiger partial charge in [0.25, 0.3) is 0 Å². The lowest BCUT2D eigenvalue weighted by molar-refractivity contribution is -0.138. The van der Waals surface area contributed by atoms with Crippen LogP contribution in [0, 0.1) is 0 Å². The third kappa shape index (κ3) is 4.96. The molecule has 0 atom stereocenters. The van der Waals surface area contributed by atoms with Crippen LogP contribution >= 0.6 is 23.2 Å². The zero-order chi connectivity index (χ0) is 22.1. The predicted molar refractivity (Wildman–Crippen MR) is 100 cm³/mol. The summed E-state index contributed by atoms with van der Waals surface area (Å²) in [5, 5.41) is 7.11. The number of alkyl halides is 6. The van der Waals surface area contributed by atoms with Crippen molar-refractivity contribution in [3.8, 4) is 5.69 Å². The maximum Gasteiger partial charge on any atom is 0.416 e. The molecular weight excluding hydrogens is 455 g/mol. The van der Waals surface area contributed by atoms with Gasteiger partial charge in [0.05, 0.1) is 21.2 Å². The van der Waals surface area contributed by atoms with E-state index in [-0.39, 0.29) is 22.3 Å². The maximum atomic E-state index is 12.8. The van der Waals surface area contributed by atoms with Gasteiger partial charge in [-0.3, -0.25) is 0 Å². The Hall–Kier alpha value is -2.52. The number of benzene rings is 2. The second-order valence-corrected chi connectivity index (χ2v) is 6.91. The highest BCUT2D eigenvalue weighted by molar-refractivity contribution is 6.38. The highest BCUT2D eigenvalue weighted by atomic mass is 35.5. The lowest BCUT2D eigenvalue weighted by Gasteiger charge is -2.11. The van der Waals surface area contributed by atoms with E-state index in [1.165, 1.54) is 12.1 Å². The molecule has 0 aliphatic heterocycles. The molecule has 0 fully saturated rings. The van der Waals surface area contributed by atoms with Gasteiger partial charge in [0.15, 0.2) is 0 Å². The third-order valence-electron chi connectivity index (χ3n) is 4.05. The lowest BCUT2D eigenvalue weighted by atomic mass is 10.2. The Kier molecular flexibility index (Phi) is 6.14. The van der Waals surface area contributed by atoms with Crippen molar-refractivity contribution in [1.29, 1.82) is 0 Å². The molecule has 1 heterocycles. The van der Waals surface area contributed by atoms with Crippen LogP contribution in [0.15, 0.2) is 65.0 Å². The summed E-state index contributed by atoms with van der Waals surface area (Å²) < 4.78 is 78.1. The summed E-state index contributed by atoms with van der Waals surface area (Å²) in [4.78, 5) is 0. The molecule has 158 valence electrons. The Morgan fingerprint density at radius 1 is 0.800 bits per heavy atom.